The molecule has 4 nitrogen and oxygen atoms in total. The SMILES string of the molecule is CC.CC.CN(C(=O)O)C1(c2ccccc2Cl)CCCCC1=O. The first-order valence-electron chi connectivity index (χ1n) is 8.25. The van der Waals surface area contributed by atoms with Gasteiger partial charge in [-0.1, -0.05) is 57.5 Å². The van der Waals surface area contributed by atoms with E-state index in [2.05, 4.69) is 0 Å². The standard InChI is InChI=1S/C14H16ClNO3.2C2H6/c1-16(13(18)19)14(9-5-4-8-12(14)17)10-6-2-3-7-11(10)15;2*1-2/h2-3,6-7H,4-5,8-9H2,1H3,(H,18,19);2*1-2H3. The Labute approximate surface area is 144 Å². The van der Waals surface area contributed by atoms with Gasteiger partial charge >= 0.3 is 6.09 Å². The molecule has 0 bridgehead atoms. The maximum atomic E-state index is 12.5. The van der Waals surface area contributed by atoms with E-state index in [1.165, 1.54) is 7.05 Å². The number of ketones is 1. The molecule has 1 unspecified atom stereocenters. The van der Waals surface area contributed by atoms with Gasteiger partial charge in [0.25, 0.3) is 0 Å². The van der Waals surface area contributed by atoms with Crippen LogP contribution in [0.25, 0.3) is 0 Å². The molecule has 0 saturated heterocycles. The molecule has 0 radical (unpaired) electrons. The number of halogens is 1. The number of rotatable bonds is 2. The van der Waals surface area contributed by atoms with Gasteiger partial charge in [0.05, 0.1) is 0 Å². The monoisotopic (exact) mass is 341 g/mol. The Kier molecular flexibility index (Phi) is 9.58. The van der Waals surface area contributed by atoms with E-state index in [0.717, 1.165) is 17.7 Å². The summed E-state index contributed by atoms with van der Waals surface area (Å²) in [6, 6.07) is 6.98. The second-order valence-electron chi connectivity index (χ2n) is 4.81. The van der Waals surface area contributed by atoms with E-state index in [1.54, 1.807) is 24.3 Å². The smallest absolute Gasteiger partial charge is 0.408 e. The van der Waals surface area contributed by atoms with E-state index in [4.69, 9.17) is 11.6 Å². The van der Waals surface area contributed by atoms with Crippen LogP contribution in [0.15, 0.2) is 24.3 Å². The Morgan fingerprint density at radius 2 is 1.74 bits per heavy atom. The van der Waals surface area contributed by atoms with Crippen LogP contribution in [0.2, 0.25) is 5.02 Å². The van der Waals surface area contributed by atoms with Gasteiger partial charge in [0.2, 0.25) is 0 Å². The molecule has 0 spiro atoms. The summed E-state index contributed by atoms with van der Waals surface area (Å²) >= 11 is 6.19. The van der Waals surface area contributed by atoms with Gasteiger partial charge in [0, 0.05) is 24.1 Å². The molecule has 1 saturated carbocycles. The minimum Gasteiger partial charge on any atom is -0.465 e. The van der Waals surface area contributed by atoms with E-state index < -0.39 is 11.6 Å². The Balaban J connectivity index is 0.00000112. The number of carbonyl (C=O) groups excluding carboxylic acids is 1. The second-order valence-corrected chi connectivity index (χ2v) is 5.22. The highest BCUT2D eigenvalue weighted by Crippen LogP contribution is 2.42. The lowest BCUT2D eigenvalue weighted by molar-refractivity contribution is -0.133. The minimum absolute atomic E-state index is 0.0725. The topological polar surface area (TPSA) is 57.6 Å². The molecule has 2 rings (SSSR count). The van der Waals surface area contributed by atoms with Crippen LogP contribution in [0.4, 0.5) is 4.79 Å². The van der Waals surface area contributed by atoms with E-state index in [9.17, 15) is 14.7 Å². The fraction of sp³-hybridized carbons (Fsp3) is 0.556. The molecule has 0 aromatic heterocycles. The van der Waals surface area contributed by atoms with Crippen LogP contribution < -0.4 is 0 Å². The van der Waals surface area contributed by atoms with Crippen molar-refractivity contribution in [3.05, 3.63) is 34.9 Å². The lowest BCUT2D eigenvalue weighted by Gasteiger charge is -2.42. The van der Waals surface area contributed by atoms with Crippen molar-refractivity contribution in [2.24, 2.45) is 0 Å². The van der Waals surface area contributed by atoms with Crippen molar-refractivity contribution in [3.63, 3.8) is 0 Å². The van der Waals surface area contributed by atoms with Crippen molar-refractivity contribution in [2.75, 3.05) is 7.05 Å². The summed E-state index contributed by atoms with van der Waals surface area (Å²) in [4.78, 5) is 24.9. The van der Waals surface area contributed by atoms with E-state index in [1.807, 2.05) is 27.7 Å². The lowest BCUT2D eigenvalue weighted by Crippen LogP contribution is -2.53. The van der Waals surface area contributed by atoms with E-state index >= 15 is 0 Å². The molecule has 1 N–H and O–H groups in total. The van der Waals surface area contributed by atoms with Crippen molar-refractivity contribution in [3.8, 4) is 0 Å². The maximum Gasteiger partial charge on any atom is 0.408 e. The zero-order valence-corrected chi connectivity index (χ0v) is 15.5. The van der Waals surface area contributed by atoms with Crippen molar-refractivity contribution in [1.82, 2.24) is 4.90 Å². The van der Waals surface area contributed by atoms with Crippen LogP contribution in [0.1, 0.15) is 58.9 Å². The minimum atomic E-state index is -1.14. The van der Waals surface area contributed by atoms with Crippen molar-refractivity contribution < 1.29 is 14.7 Å². The van der Waals surface area contributed by atoms with E-state index in [-0.39, 0.29) is 5.78 Å². The molecule has 1 aromatic carbocycles. The van der Waals surface area contributed by atoms with Gasteiger partial charge in [-0.05, 0) is 25.3 Å². The van der Waals surface area contributed by atoms with Crippen LogP contribution in [0, 0.1) is 0 Å². The molecular formula is C18H28ClNO3. The molecule has 1 aliphatic rings. The zero-order chi connectivity index (χ0) is 18.0. The number of benzene rings is 1. The highest BCUT2D eigenvalue weighted by molar-refractivity contribution is 6.31. The van der Waals surface area contributed by atoms with Crippen molar-refractivity contribution in [1.29, 1.82) is 0 Å². The molecule has 0 heterocycles. The summed E-state index contributed by atoms with van der Waals surface area (Å²) in [5.74, 6) is -0.0725. The van der Waals surface area contributed by atoms with Gasteiger partial charge in [-0.2, -0.15) is 0 Å². The highest BCUT2D eigenvalue weighted by Gasteiger charge is 2.48. The Hall–Kier alpha value is -1.55. The predicted molar refractivity (Wildman–Crippen MR) is 95.1 cm³/mol. The third-order valence-electron chi connectivity index (χ3n) is 3.83. The molecule has 5 heteroatoms. The number of carboxylic acid groups (broad SMARTS) is 1. The molecule has 23 heavy (non-hydrogen) atoms. The molecule has 1 amide bonds. The molecule has 130 valence electrons. The largest absolute Gasteiger partial charge is 0.465 e. The summed E-state index contributed by atoms with van der Waals surface area (Å²) in [5, 5.41) is 9.74. The summed E-state index contributed by atoms with van der Waals surface area (Å²) < 4.78 is 0. The average molecular weight is 342 g/mol. The molecule has 1 aliphatic carbocycles. The summed E-state index contributed by atoms with van der Waals surface area (Å²) in [5.41, 5.74) is -0.547. The second kappa shape index (κ2) is 10.3. The van der Waals surface area contributed by atoms with Gasteiger partial charge < -0.3 is 5.11 Å². The van der Waals surface area contributed by atoms with Gasteiger partial charge in [-0.25, -0.2) is 4.79 Å². The van der Waals surface area contributed by atoms with Crippen molar-refractivity contribution >= 4 is 23.5 Å². The van der Waals surface area contributed by atoms with Crippen LogP contribution in [-0.4, -0.2) is 28.9 Å². The van der Waals surface area contributed by atoms with Crippen LogP contribution >= 0.6 is 11.6 Å². The number of nitrogens with zero attached hydrogens (tertiary/aromatic N) is 1. The summed E-state index contributed by atoms with van der Waals surface area (Å²) in [6.45, 7) is 8.00. The summed E-state index contributed by atoms with van der Waals surface area (Å²) in [6.07, 6.45) is 1.38. The number of hydrogen-bond acceptors (Lipinski definition) is 2. The van der Waals surface area contributed by atoms with Crippen LogP contribution in [-0.2, 0) is 10.3 Å². The fourth-order valence-corrected chi connectivity index (χ4v) is 3.08. The summed E-state index contributed by atoms with van der Waals surface area (Å²) in [7, 11) is 1.44. The van der Waals surface area contributed by atoms with Crippen LogP contribution in [0.5, 0.6) is 0 Å². The van der Waals surface area contributed by atoms with Crippen LogP contribution in [0.3, 0.4) is 0 Å². The Bertz CT molecular complexity index is 519. The normalized spacial score (nSPS) is 19.7. The fourth-order valence-electron chi connectivity index (χ4n) is 2.79. The van der Waals surface area contributed by atoms with E-state index in [0.29, 0.717) is 23.4 Å². The van der Waals surface area contributed by atoms with Gasteiger partial charge in [0.1, 0.15) is 5.54 Å². The molecule has 1 aromatic rings. The Morgan fingerprint density at radius 1 is 1.17 bits per heavy atom. The molecule has 1 fully saturated rings. The van der Waals surface area contributed by atoms with Gasteiger partial charge in [-0.3, -0.25) is 9.69 Å². The number of hydrogen-bond donors (Lipinski definition) is 1. The third kappa shape index (κ3) is 4.47. The maximum absolute atomic E-state index is 12.5. The highest BCUT2D eigenvalue weighted by atomic mass is 35.5. The molecule has 0 aliphatic heterocycles. The first kappa shape index (κ1) is 21.4. The number of Topliss-reactive ketones (excluding diaryl/α,β-unsaturated/α-hetero) is 1. The quantitative estimate of drug-likeness (QED) is 0.789. The predicted octanol–water partition coefficient (Wildman–Crippen LogP) is 5.34. The number of carbonyl (C=O) groups is 2. The lowest BCUT2D eigenvalue weighted by atomic mass is 9.74. The Morgan fingerprint density at radius 3 is 2.22 bits per heavy atom. The third-order valence-corrected chi connectivity index (χ3v) is 4.16. The molecular weight excluding hydrogens is 314 g/mol. The first-order valence-corrected chi connectivity index (χ1v) is 8.63. The van der Waals surface area contributed by atoms with Gasteiger partial charge in [-0.15, -0.1) is 0 Å². The number of likely N-dealkylation sites (N-methyl/N-ethyl adjacent to an activating group) is 1. The zero-order valence-electron chi connectivity index (χ0n) is 14.7. The number of amides is 1. The van der Waals surface area contributed by atoms with Crippen molar-refractivity contribution in [2.45, 2.75) is 58.9 Å². The molecule has 1 atom stereocenters. The average Bonchev–Trinajstić information content (AvgIpc) is 2.59. The van der Waals surface area contributed by atoms with Gasteiger partial charge in [0.15, 0.2) is 5.78 Å². The first-order chi connectivity index (χ1) is 11.0.